The number of likely N-dealkylation sites (N-methyl/N-ethyl adjacent to an activating group) is 1. The van der Waals surface area contributed by atoms with Gasteiger partial charge in [-0.3, -0.25) is 0 Å². The van der Waals surface area contributed by atoms with E-state index in [1.807, 2.05) is 13.8 Å². The number of likely N-dealkylation sites (tertiary alicyclic amines) is 1. The molecule has 0 aromatic heterocycles. The van der Waals surface area contributed by atoms with Crippen molar-refractivity contribution in [3.05, 3.63) is 0 Å². The number of hydrogen-bond acceptors (Lipinski definition) is 3. The lowest BCUT2D eigenvalue weighted by Crippen LogP contribution is -2.52. The van der Waals surface area contributed by atoms with Gasteiger partial charge in [0.25, 0.3) is 0 Å². The number of ether oxygens (including phenoxy) is 1. The maximum atomic E-state index is 12.2. The minimum Gasteiger partial charge on any atom is -0.480 e. The van der Waals surface area contributed by atoms with E-state index in [1.165, 1.54) is 9.80 Å². The zero-order valence-corrected chi connectivity index (χ0v) is 12.0. The summed E-state index contributed by atoms with van der Waals surface area (Å²) in [6.45, 7) is 5.33. The molecule has 1 aliphatic heterocycles. The van der Waals surface area contributed by atoms with Gasteiger partial charge in [-0.15, -0.1) is 0 Å². The van der Waals surface area contributed by atoms with Crippen molar-refractivity contribution in [3.8, 4) is 0 Å². The highest BCUT2D eigenvalue weighted by Gasteiger charge is 2.33. The minimum absolute atomic E-state index is 0.130. The van der Waals surface area contributed by atoms with Crippen molar-refractivity contribution >= 4 is 12.0 Å². The summed E-state index contributed by atoms with van der Waals surface area (Å²) in [6, 6.07) is -0.908. The van der Waals surface area contributed by atoms with Crippen LogP contribution in [0.25, 0.3) is 0 Å². The van der Waals surface area contributed by atoms with E-state index in [0.29, 0.717) is 26.1 Å². The third-order valence-electron chi connectivity index (χ3n) is 3.24. The van der Waals surface area contributed by atoms with Gasteiger partial charge in [0.1, 0.15) is 6.04 Å². The summed E-state index contributed by atoms with van der Waals surface area (Å²) in [5, 5.41) is 9.15. The van der Waals surface area contributed by atoms with Gasteiger partial charge in [0.05, 0.1) is 12.7 Å². The molecular formula is C13H24N2O4. The van der Waals surface area contributed by atoms with E-state index in [4.69, 9.17) is 9.84 Å². The Morgan fingerprint density at radius 3 is 2.68 bits per heavy atom. The topological polar surface area (TPSA) is 70.1 Å². The number of carbonyl (C=O) groups is 2. The maximum absolute atomic E-state index is 12.2. The second-order valence-corrected chi connectivity index (χ2v) is 5.17. The van der Waals surface area contributed by atoms with E-state index in [-0.39, 0.29) is 12.1 Å². The first-order valence-corrected chi connectivity index (χ1v) is 6.79. The molecule has 0 aromatic carbocycles. The van der Waals surface area contributed by atoms with Crippen LogP contribution in [-0.4, -0.2) is 65.8 Å². The molecule has 1 atom stereocenters. The van der Waals surface area contributed by atoms with Crippen molar-refractivity contribution in [2.75, 3.05) is 26.7 Å². The number of nitrogens with zero attached hydrogens (tertiary/aromatic N) is 2. The monoisotopic (exact) mass is 272 g/mol. The van der Waals surface area contributed by atoms with E-state index in [0.717, 1.165) is 12.8 Å². The summed E-state index contributed by atoms with van der Waals surface area (Å²) in [5.41, 5.74) is 0. The number of piperidine rings is 1. The standard InChI is InChI=1S/C13H24N2O4/c1-10(2)19-9-8-14(3)13(18)15-7-5-4-6-11(15)12(16)17/h10-11H,4-9H2,1-3H3,(H,16,17). The number of carboxylic acid groups (broad SMARTS) is 1. The largest absolute Gasteiger partial charge is 0.480 e. The fourth-order valence-electron chi connectivity index (χ4n) is 2.16. The van der Waals surface area contributed by atoms with Crippen molar-refractivity contribution in [3.63, 3.8) is 0 Å². The van der Waals surface area contributed by atoms with Crippen molar-refractivity contribution in [2.45, 2.75) is 45.3 Å². The Kier molecular flexibility index (Phi) is 6.08. The summed E-state index contributed by atoms with van der Waals surface area (Å²) in [4.78, 5) is 26.4. The molecule has 1 N–H and O–H groups in total. The smallest absolute Gasteiger partial charge is 0.326 e. The lowest BCUT2D eigenvalue weighted by atomic mass is 10.0. The van der Waals surface area contributed by atoms with Crippen LogP contribution in [0, 0.1) is 0 Å². The van der Waals surface area contributed by atoms with Crippen LogP contribution in [0.5, 0.6) is 0 Å². The molecule has 1 unspecified atom stereocenters. The Labute approximate surface area is 114 Å². The molecule has 6 nitrogen and oxygen atoms in total. The number of aliphatic carboxylic acids is 1. The van der Waals surface area contributed by atoms with Crippen LogP contribution >= 0.6 is 0 Å². The molecule has 0 aromatic rings. The van der Waals surface area contributed by atoms with Crippen LogP contribution in [0.2, 0.25) is 0 Å². The van der Waals surface area contributed by atoms with Crippen LogP contribution in [0.3, 0.4) is 0 Å². The highest BCUT2D eigenvalue weighted by molar-refractivity contribution is 5.82. The Balaban J connectivity index is 2.51. The molecule has 0 saturated carbocycles. The average Bonchev–Trinajstić information content (AvgIpc) is 2.37. The van der Waals surface area contributed by atoms with Crippen LogP contribution in [0.1, 0.15) is 33.1 Å². The highest BCUT2D eigenvalue weighted by Crippen LogP contribution is 2.18. The molecule has 1 fully saturated rings. The molecule has 0 radical (unpaired) electrons. The molecule has 0 aliphatic carbocycles. The molecule has 1 heterocycles. The van der Waals surface area contributed by atoms with E-state index in [2.05, 4.69) is 0 Å². The SMILES string of the molecule is CC(C)OCCN(C)C(=O)N1CCCCC1C(=O)O. The molecule has 1 rings (SSSR count). The average molecular weight is 272 g/mol. The lowest BCUT2D eigenvalue weighted by molar-refractivity contribution is -0.143. The van der Waals surface area contributed by atoms with Gasteiger partial charge in [-0.25, -0.2) is 9.59 Å². The zero-order valence-electron chi connectivity index (χ0n) is 12.0. The summed E-state index contributed by atoms with van der Waals surface area (Å²) >= 11 is 0. The second kappa shape index (κ2) is 7.33. The molecule has 19 heavy (non-hydrogen) atoms. The van der Waals surface area contributed by atoms with Crippen molar-refractivity contribution in [2.24, 2.45) is 0 Å². The molecule has 0 spiro atoms. The Bertz CT molecular complexity index is 320. The number of rotatable bonds is 5. The third-order valence-corrected chi connectivity index (χ3v) is 3.24. The number of carboxylic acids is 1. The molecule has 1 saturated heterocycles. The Hall–Kier alpha value is -1.30. The zero-order chi connectivity index (χ0) is 14.4. The number of urea groups is 1. The predicted octanol–water partition coefficient (Wildman–Crippen LogP) is 1.40. The second-order valence-electron chi connectivity index (χ2n) is 5.17. The predicted molar refractivity (Wildman–Crippen MR) is 71.1 cm³/mol. The first kappa shape index (κ1) is 15.8. The number of hydrogen-bond donors (Lipinski definition) is 1. The van der Waals surface area contributed by atoms with Gasteiger partial charge in [-0.05, 0) is 33.1 Å². The fraction of sp³-hybridized carbons (Fsp3) is 0.846. The number of carbonyl (C=O) groups excluding carboxylic acids is 1. The van der Waals surface area contributed by atoms with Gasteiger partial charge in [0.2, 0.25) is 0 Å². The summed E-state index contributed by atoms with van der Waals surface area (Å²) in [6.07, 6.45) is 2.40. The van der Waals surface area contributed by atoms with E-state index < -0.39 is 12.0 Å². The summed E-state index contributed by atoms with van der Waals surface area (Å²) in [5.74, 6) is -0.917. The van der Waals surface area contributed by atoms with E-state index in [9.17, 15) is 9.59 Å². The van der Waals surface area contributed by atoms with Crippen molar-refractivity contribution in [1.29, 1.82) is 0 Å². The van der Waals surface area contributed by atoms with Crippen LogP contribution in [0.15, 0.2) is 0 Å². The van der Waals surface area contributed by atoms with Gasteiger partial charge < -0.3 is 19.6 Å². The van der Waals surface area contributed by atoms with E-state index >= 15 is 0 Å². The van der Waals surface area contributed by atoms with Gasteiger partial charge in [0, 0.05) is 20.1 Å². The molecule has 6 heteroatoms. The normalized spacial score (nSPS) is 19.6. The van der Waals surface area contributed by atoms with Gasteiger partial charge in [0.15, 0.2) is 0 Å². The highest BCUT2D eigenvalue weighted by atomic mass is 16.5. The quantitative estimate of drug-likeness (QED) is 0.821. The fourth-order valence-corrected chi connectivity index (χ4v) is 2.16. The minimum atomic E-state index is -0.917. The first-order chi connectivity index (χ1) is 8.93. The summed E-state index contributed by atoms with van der Waals surface area (Å²) < 4.78 is 5.40. The molecule has 1 aliphatic rings. The molecule has 0 bridgehead atoms. The van der Waals surface area contributed by atoms with Crippen LogP contribution in [0.4, 0.5) is 4.79 Å². The molecule has 2 amide bonds. The summed E-state index contributed by atoms with van der Waals surface area (Å²) in [7, 11) is 1.68. The van der Waals surface area contributed by atoms with Crippen molar-refractivity contribution in [1.82, 2.24) is 9.80 Å². The van der Waals surface area contributed by atoms with Crippen LogP contribution < -0.4 is 0 Å². The molecule has 110 valence electrons. The van der Waals surface area contributed by atoms with E-state index in [1.54, 1.807) is 7.05 Å². The Morgan fingerprint density at radius 2 is 2.11 bits per heavy atom. The Morgan fingerprint density at radius 1 is 1.42 bits per heavy atom. The van der Waals surface area contributed by atoms with Gasteiger partial charge in [-0.2, -0.15) is 0 Å². The molecular weight excluding hydrogens is 248 g/mol. The van der Waals surface area contributed by atoms with Crippen LogP contribution in [-0.2, 0) is 9.53 Å². The third kappa shape index (κ3) is 4.70. The lowest BCUT2D eigenvalue weighted by Gasteiger charge is -2.35. The van der Waals surface area contributed by atoms with Gasteiger partial charge >= 0.3 is 12.0 Å². The van der Waals surface area contributed by atoms with Crippen molar-refractivity contribution < 1.29 is 19.4 Å². The first-order valence-electron chi connectivity index (χ1n) is 6.79. The number of amides is 2. The van der Waals surface area contributed by atoms with Gasteiger partial charge in [-0.1, -0.05) is 0 Å². The maximum Gasteiger partial charge on any atom is 0.326 e.